The Kier molecular flexibility index (Phi) is 7.05. The Balaban J connectivity index is 1.69. The van der Waals surface area contributed by atoms with Gasteiger partial charge in [-0.1, -0.05) is 11.6 Å². The summed E-state index contributed by atoms with van der Waals surface area (Å²) < 4.78 is 5.33. The number of rotatable bonds is 8. The van der Waals surface area contributed by atoms with Gasteiger partial charge in [-0.15, -0.1) is 0 Å². The Morgan fingerprint density at radius 1 is 1.31 bits per heavy atom. The second-order valence-electron chi connectivity index (χ2n) is 7.16. The third-order valence-corrected chi connectivity index (χ3v) is 5.33. The van der Waals surface area contributed by atoms with Crippen molar-refractivity contribution in [2.24, 2.45) is 11.7 Å². The number of nitrogens with two attached hydrogens (primary N) is 1. The summed E-state index contributed by atoms with van der Waals surface area (Å²) in [6, 6.07) is 5.57. The number of hydrogen-bond acceptors (Lipinski definition) is 8. The van der Waals surface area contributed by atoms with E-state index >= 15 is 0 Å². The first-order valence-electron chi connectivity index (χ1n) is 9.53. The quantitative estimate of drug-likeness (QED) is 0.436. The van der Waals surface area contributed by atoms with Gasteiger partial charge in [-0.05, 0) is 49.8 Å². The first-order valence-corrected chi connectivity index (χ1v) is 9.91. The molecule has 1 fully saturated rings. The largest absolute Gasteiger partial charge is 0.496 e. The van der Waals surface area contributed by atoms with Gasteiger partial charge >= 0.3 is 5.69 Å². The molecule has 0 atom stereocenters. The second-order valence-corrected chi connectivity index (χ2v) is 7.59. The fourth-order valence-electron chi connectivity index (χ4n) is 3.42. The SMILES string of the molecule is COc1ccc(Cl)cc1CNc1ncc([N+](=O)[O-])c(NCC2CCC(N)CC2)n1. The maximum atomic E-state index is 11.3. The fourth-order valence-corrected chi connectivity index (χ4v) is 3.61. The maximum absolute atomic E-state index is 11.3. The lowest BCUT2D eigenvalue weighted by Crippen LogP contribution is -2.29. The van der Waals surface area contributed by atoms with Crippen LogP contribution in [0.2, 0.25) is 5.02 Å². The van der Waals surface area contributed by atoms with E-state index in [9.17, 15) is 10.1 Å². The molecule has 2 aromatic rings. The third kappa shape index (κ3) is 5.68. The molecule has 0 radical (unpaired) electrons. The summed E-state index contributed by atoms with van der Waals surface area (Å²) in [6.45, 7) is 0.980. The predicted octanol–water partition coefficient (Wildman–Crippen LogP) is 3.59. The molecule has 156 valence electrons. The first kappa shape index (κ1) is 21.1. The zero-order valence-corrected chi connectivity index (χ0v) is 17.0. The lowest BCUT2D eigenvalue weighted by Gasteiger charge is -2.26. The van der Waals surface area contributed by atoms with Crippen molar-refractivity contribution in [3.05, 3.63) is 45.1 Å². The van der Waals surface area contributed by atoms with Gasteiger partial charge in [0.15, 0.2) is 0 Å². The highest BCUT2D eigenvalue weighted by atomic mass is 35.5. The van der Waals surface area contributed by atoms with Crippen molar-refractivity contribution in [1.82, 2.24) is 9.97 Å². The average Bonchev–Trinajstić information content (AvgIpc) is 2.72. The molecule has 1 aromatic heterocycles. The van der Waals surface area contributed by atoms with Crippen LogP contribution in [-0.4, -0.2) is 34.6 Å². The minimum absolute atomic E-state index is 0.150. The highest BCUT2D eigenvalue weighted by molar-refractivity contribution is 6.30. The van der Waals surface area contributed by atoms with Gasteiger partial charge in [-0.3, -0.25) is 10.1 Å². The van der Waals surface area contributed by atoms with Gasteiger partial charge in [0, 0.05) is 29.7 Å². The molecule has 10 heteroatoms. The van der Waals surface area contributed by atoms with E-state index in [1.807, 2.05) is 0 Å². The van der Waals surface area contributed by atoms with E-state index in [1.54, 1.807) is 25.3 Å². The number of anilines is 2. The van der Waals surface area contributed by atoms with Crippen molar-refractivity contribution in [3.63, 3.8) is 0 Å². The van der Waals surface area contributed by atoms with Crippen molar-refractivity contribution in [2.75, 3.05) is 24.3 Å². The van der Waals surface area contributed by atoms with Crippen molar-refractivity contribution in [1.29, 1.82) is 0 Å². The van der Waals surface area contributed by atoms with E-state index in [2.05, 4.69) is 20.6 Å². The topological polar surface area (TPSA) is 128 Å². The van der Waals surface area contributed by atoms with E-state index in [0.717, 1.165) is 31.2 Å². The lowest BCUT2D eigenvalue weighted by molar-refractivity contribution is -0.384. The number of hydrogen-bond donors (Lipinski definition) is 3. The van der Waals surface area contributed by atoms with Crippen molar-refractivity contribution < 1.29 is 9.66 Å². The maximum Gasteiger partial charge on any atom is 0.329 e. The second kappa shape index (κ2) is 9.71. The van der Waals surface area contributed by atoms with Gasteiger partial charge in [0.05, 0.1) is 12.0 Å². The summed E-state index contributed by atoms with van der Waals surface area (Å²) >= 11 is 6.05. The van der Waals surface area contributed by atoms with Crippen LogP contribution in [0.4, 0.5) is 17.5 Å². The normalized spacial score (nSPS) is 18.9. The summed E-state index contributed by atoms with van der Waals surface area (Å²) in [4.78, 5) is 19.2. The zero-order valence-electron chi connectivity index (χ0n) is 16.2. The van der Waals surface area contributed by atoms with E-state index in [4.69, 9.17) is 22.1 Å². The lowest BCUT2D eigenvalue weighted by atomic mass is 9.86. The summed E-state index contributed by atoms with van der Waals surface area (Å²) in [7, 11) is 1.58. The zero-order chi connectivity index (χ0) is 20.8. The summed E-state index contributed by atoms with van der Waals surface area (Å²) in [5, 5.41) is 18.1. The van der Waals surface area contributed by atoms with Crippen molar-refractivity contribution in [3.8, 4) is 5.75 Å². The van der Waals surface area contributed by atoms with Crippen molar-refractivity contribution >= 4 is 29.1 Å². The Morgan fingerprint density at radius 2 is 2.07 bits per heavy atom. The molecule has 29 heavy (non-hydrogen) atoms. The standard InChI is InChI=1S/C19H25ClN6O3/c1-29-17-7-4-14(20)8-13(17)10-23-19-24-11-16(26(27)28)18(25-19)22-9-12-2-5-15(21)6-3-12/h4,7-8,11-12,15H,2-3,5-6,9-10,21H2,1H3,(H2,22,23,24,25). The molecule has 1 aliphatic rings. The molecule has 0 saturated heterocycles. The molecule has 1 saturated carbocycles. The molecule has 0 amide bonds. The van der Waals surface area contributed by atoms with Gasteiger partial charge < -0.3 is 21.1 Å². The summed E-state index contributed by atoms with van der Waals surface area (Å²) in [5.74, 6) is 1.60. The number of methoxy groups -OCH3 is 1. The first-order chi connectivity index (χ1) is 14.0. The number of halogens is 1. The molecule has 1 heterocycles. The molecule has 4 N–H and O–H groups in total. The predicted molar refractivity (Wildman–Crippen MR) is 112 cm³/mol. The highest BCUT2D eigenvalue weighted by Crippen LogP contribution is 2.27. The van der Waals surface area contributed by atoms with E-state index in [0.29, 0.717) is 29.8 Å². The Bertz CT molecular complexity index is 858. The molecule has 1 aromatic carbocycles. The van der Waals surface area contributed by atoms with Crippen LogP contribution in [0.3, 0.4) is 0 Å². The van der Waals surface area contributed by atoms with Gasteiger partial charge in [0.1, 0.15) is 11.9 Å². The molecule has 9 nitrogen and oxygen atoms in total. The number of benzene rings is 1. The molecule has 1 aliphatic carbocycles. The van der Waals surface area contributed by atoms with Crippen LogP contribution < -0.4 is 21.1 Å². The summed E-state index contributed by atoms with van der Waals surface area (Å²) in [5.41, 5.74) is 6.62. The van der Waals surface area contributed by atoms with Crippen LogP contribution in [-0.2, 0) is 6.54 Å². The monoisotopic (exact) mass is 420 g/mol. The van der Waals surface area contributed by atoms with Crippen LogP contribution >= 0.6 is 11.6 Å². The van der Waals surface area contributed by atoms with Crippen LogP contribution in [0, 0.1) is 16.0 Å². The smallest absolute Gasteiger partial charge is 0.329 e. The molecule has 3 rings (SSSR count). The van der Waals surface area contributed by atoms with Crippen LogP contribution in [0.15, 0.2) is 24.4 Å². The van der Waals surface area contributed by atoms with Crippen LogP contribution in [0.25, 0.3) is 0 Å². The molecular weight excluding hydrogens is 396 g/mol. The molecule has 0 aliphatic heterocycles. The average molecular weight is 421 g/mol. The Morgan fingerprint density at radius 3 is 2.76 bits per heavy atom. The van der Waals surface area contributed by atoms with Gasteiger partial charge in [-0.2, -0.15) is 4.98 Å². The number of nitrogens with one attached hydrogen (secondary N) is 2. The van der Waals surface area contributed by atoms with E-state index in [-0.39, 0.29) is 23.5 Å². The number of aromatic nitrogens is 2. The minimum atomic E-state index is -0.483. The number of ether oxygens (including phenoxy) is 1. The Labute approximate surface area is 174 Å². The highest BCUT2D eigenvalue weighted by Gasteiger charge is 2.22. The van der Waals surface area contributed by atoms with Crippen LogP contribution in [0.5, 0.6) is 5.75 Å². The number of nitrogens with zero attached hydrogens (tertiary/aromatic N) is 3. The summed E-state index contributed by atoms with van der Waals surface area (Å²) in [6.07, 6.45) is 5.18. The Hall–Kier alpha value is -2.65. The van der Waals surface area contributed by atoms with Gasteiger partial charge in [0.25, 0.3) is 0 Å². The van der Waals surface area contributed by atoms with E-state index in [1.165, 1.54) is 6.20 Å². The van der Waals surface area contributed by atoms with Gasteiger partial charge in [0.2, 0.25) is 11.8 Å². The molecule has 0 unspecified atom stereocenters. The molecule has 0 bridgehead atoms. The van der Waals surface area contributed by atoms with Gasteiger partial charge in [-0.25, -0.2) is 4.98 Å². The third-order valence-electron chi connectivity index (χ3n) is 5.10. The minimum Gasteiger partial charge on any atom is -0.496 e. The van der Waals surface area contributed by atoms with E-state index < -0.39 is 4.92 Å². The van der Waals surface area contributed by atoms with Crippen molar-refractivity contribution in [2.45, 2.75) is 38.3 Å². The molecular formula is C19H25ClN6O3. The fraction of sp³-hybridized carbons (Fsp3) is 0.474. The van der Waals surface area contributed by atoms with Crippen LogP contribution in [0.1, 0.15) is 31.2 Å². The molecule has 0 spiro atoms. The number of nitro groups is 1.